The van der Waals surface area contributed by atoms with Crippen LogP contribution in [-0.4, -0.2) is 22.9 Å². The van der Waals surface area contributed by atoms with Gasteiger partial charge in [-0.2, -0.15) is 11.8 Å². The molecule has 0 atom stereocenters. The molecule has 20 heavy (non-hydrogen) atoms. The molecule has 1 aromatic rings. The van der Waals surface area contributed by atoms with E-state index in [2.05, 4.69) is 40.5 Å². The quantitative estimate of drug-likeness (QED) is 0.751. The van der Waals surface area contributed by atoms with E-state index < -0.39 is 0 Å². The molecule has 1 aromatic heterocycles. The molecule has 4 heteroatoms. The van der Waals surface area contributed by atoms with Gasteiger partial charge in [-0.25, -0.2) is 4.98 Å². The highest BCUT2D eigenvalue weighted by atomic mass is 32.2. The predicted octanol–water partition coefficient (Wildman–Crippen LogP) is 3.03. The van der Waals surface area contributed by atoms with Gasteiger partial charge in [-0.3, -0.25) is 4.79 Å². The average molecular weight is 282 g/mol. The van der Waals surface area contributed by atoms with Crippen molar-refractivity contribution in [3.8, 4) is 23.5 Å². The first kappa shape index (κ1) is 14.2. The highest BCUT2D eigenvalue weighted by Gasteiger charge is 2.07. The number of benzene rings is 1. The van der Waals surface area contributed by atoms with Crippen molar-refractivity contribution in [2.45, 2.75) is 0 Å². The molecule has 0 fully saturated rings. The summed E-state index contributed by atoms with van der Waals surface area (Å²) >= 11 is 1.45. The molecule has 2 aliphatic rings. The van der Waals surface area contributed by atoms with Gasteiger partial charge in [0.25, 0.3) is 0 Å². The van der Waals surface area contributed by atoms with Crippen LogP contribution in [0.3, 0.4) is 0 Å². The third kappa shape index (κ3) is 3.87. The Kier molecular flexibility index (Phi) is 4.80. The second-order valence-corrected chi connectivity index (χ2v) is 4.97. The number of nitrogens with zero attached hydrogens (tertiary/aromatic N) is 1. The molecule has 0 spiro atoms. The zero-order chi connectivity index (χ0) is 14.4. The van der Waals surface area contributed by atoms with E-state index in [4.69, 9.17) is 6.42 Å². The first-order chi connectivity index (χ1) is 9.74. The first-order valence-electron chi connectivity index (χ1n) is 6.05. The van der Waals surface area contributed by atoms with Gasteiger partial charge >= 0.3 is 0 Å². The van der Waals surface area contributed by atoms with E-state index in [9.17, 15) is 4.79 Å². The molecule has 0 unspecified atom stereocenters. The van der Waals surface area contributed by atoms with Crippen LogP contribution in [0.5, 0.6) is 0 Å². The fourth-order valence-corrected chi connectivity index (χ4v) is 1.93. The highest BCUT2D eigenvalue weighted by molar-refractivity contribution is 7.99. The number of anilines is 1. The van der Waals surface area contributed by atoms with Gasteiger partial charge in [0.15, 0.2) is 0 Å². The number of nitrogens with one attached hydrogen (secondary N) is 1. The maximum atomic E-state index is 11.2. The zero-order valence-corrected chi connectivity index (χ0v) is 11.9. The summed E-state index contributed by atoms with van der Waals surface area (Å²) in [6.07, 6.45) is 8.71. The zero-order valence-electron chi connectivity index (χ0n) is 11.1. The molecule has 0 aliphatic heterocycles. The SMILES string of the molecule is C#Cc1cccnc1NC(=O)CSC.c1cc2cc-2c1. The molecular weight excluding hydrogens is 268 g/mol. The Morgan fingerprint density at radius 3 is 2.60 bits per heavy atom. The smallest absolute Gasteiger partial charge is 0.235 e. The Balaban J connectivity index is 0.000000198. The van der Waals surface area contributed by atoms with Crippen molar-refractivity contribution in [1.29, 1.82) is 0 Å². The van der Waals surface area contributed by atoms with E-state index in [0.717, 1.165) is 0 Å². The summed E-state index contributed by atoms with van der Waals surface area (Å²) < 4.78 is 0. The molecule has 0 saturated carbocycles. The van der Waals surface area contributed by atoms with Gasteiger partial charge in [0.05, 0.1) is 11.3 Å². The molecule has 3 rings (SSSR count). The van der Waals surface area contributed by atoms with Crippen molar-refractivity contribution in [2.75, 3.05) is 17.3 Å². The fraction of sp³-hybridized carbons (Fsp3) is 0.125. The molecule has 1 heterocycles. The van der Waals surface area contributed by atoms with Crippen LogP contribution in [0.1, 0.15) is 5.56 Å². The summed E-state index contributed by atoms with van der Waals surface area (Å²) in [6, 6.07) is 12.0. The number of rotatable bonds is 3. The van der Waals surface area contributed by atoms with Gasteiger partial charge in [0, 0.05) is 6.20 Å². The number of carbonyl (C=O) groups excluding carboxylic acids is 1. The molecule has 0 bridgehead atoms. The lowest BCUT2D eigenvalue weighted by molar-refractivity contribution is -0.113. The lowest BCUT2D eigenvalue weighted by Crippen LogP contribution is -2.15. The Hall–Kier alpha value is -2.25. The van der Waals surface area contributed by atoms with Crippen molar-refractivity contribution < 1.29 is 4.79 Å². The Bertz CT molecular complexity index is 644. The number of aromatic nitrogens is 1. The van der Waals surface area contributed by atoms with Crippen LogP contribution in [-0.2, 0) is 4.79 Å². The highest BCUT2D eigenvalue weighted by Crippen LogP contribution is 2.32. The lowest BCUT2D eigenvalue weighted by atomic mass is 10.2. The van der Waals surface area contributed by atoms with Crippen molar-refractivity contribution in [3.05, 3.63) is 48.2 Å². The minimum absolute atomic E-state index is 0.0901. The van der Waals surface area contributed by atoms with Gasteiger partial charge in [-0.05, 0) is 35.6 Å². The Morgan fingerprint density at radius 1 is 1.35 bits per heavy atom. The van der Waals surface area contributed by atoms with E-state index in [-0.39, 0.29) is 5.91 Å². The minimum Gasteiger partial charge on any atom is -0.309 e. The molecule has 2 aliphatic carbocycles. The summed E-state index contributed by atoms with van der Waals surface area (Å²) in [5.41, 5.74) is 3.45. The van der Waals surface area contributed by atoms with E-state index >= 15 is 0 Å². The molecule has 0 saturated heterocycles. The largest absolute Gasteiger partial charge is 0.309 e. The number of fused-ring (bicyclic) bond motifs is 1. The van der Waals surface area contributed by atoms with Crippen LogP contribution in [0.4, 0.5) is 5.82 Å². The van der Waals surface area contributed by atoms with Gasteiger partial charge in [-0.1, -0.05) is 24.1 Å². The van der Waals surface area contributed by atoms with Gasteiger partial charge < -0.3 is 5.32 Å². The molecule has 1 N–H and O–H groups in total. The molecule has 0 radical (unpaired) electrons. The number of hydrogen-bond acceptors (Lipinski definition) is 3. The number of amides is 1. The summed E-state index contributed by atoms with van der Waals surface area (Å²) in [7, 11) is 0. The number of carbonyl (C=O) groups is 1. The average Bonchev–Trinajstić information content (AvgIpc) is 3.06. The van der Waals surface area contributed by atoms with Crippen LogP contribution < -0.4 is 5.32 Å². The molecular formula is C16H14N2OS. The Morgan fingerprint density at radius 2 is 2.10 bits per heavy atom. The maximum Gasteiger partial charge on any atom is 0.235 e. The fourth-order valence-electron chi connectivity index (χ4n) is 1.60. The number of thioether (sulfide) groups is 1. The summed E-state index contributed by atoms with van der Waals surface area (Å²) in [5.74, 6) is 3.23. The van der Waals surface area contributed by atoms with Gasteiger partial charge in [0.1, 0.15) is 5.82 Å². The van der Waals surface area contributed by atoms with Crippen molar-refractivity contribution >= 4 is 23.5 Å². The number of pyridine rings is 1. The maximum absolute atomic E-state index is 11.2. The first-order valence-corrected chi connectivity index (χ1v) is 7.45. The monoisotopic (exact) mass is 282 g/mol. The third-order valence-electron chi connectivity index (χ3n) is 2.61. The predicted molar refractivity (Wildman–Crippen MR) is 84.6 cm³/mol. The van der Waals surface area contributed by atoms with Crippen LogP contribution in [0.15, 0.2) is 42.6 Å². The number of terminal acetylenes is 1. The molecule has 3 nitrogen and oxygen atoms in total. The topological polar surface area (TPSA) is 42.0 Å². The van der Waals surface area contributed by atoms with Crippen LogP contribution in [0.2, 0.25) is 0 Å². The second kappa shape index (κ2) is 6.78. The lowest BCUT2D eigenvalue weighted by Gasteiger charge is -2.04. The van der Waals surface area contributed by atoms with Gasteiger partial charge in [-0.15, -0.1) is 6.42 Å². The number of hydrogen-bond donors (Lipinski definition) is 1. The second-order valence-electron chi connectivity index (χ2n) is 4.11. The third-order valence-corrected chi connectivity index (χ3v) is 3.16. The summed E-state index contributed by atoms with van der Waals surface area (Å²) in [4.78, 5) is 15.2. The van der Waals surface area contributed by atoms with E-state index in [0.29, 0.717) is 17.1 Å². The van der Waals surface area contributed by atoms with E-state index in [1.807, 2.05) is 6.26 Å². The van der Waals surface area contributed by atoms with E-state index in [1.165, 1.54) is 22.9 Å². The molecule has 100 valence electrons. The van der Waals surface area contributed by atoms with Crippen molar-refractivity contribution in [2.24, 2.45) is 0 Å². The van der Waals surface area contributed by atoms with Crippen LogP contribution >= 0.6 is 11.8 Å². The van der Waals surface area contributed by atoms with Crippen LogP contribution in [0.25, 0.3) is 11.1 Å². The van der Waals surface area contributed by atoms with Crippen molar-refractivity contribution in [3.63, 3.8) is 0 Å². The normalized spacial score (nSPS) is 9.80. The minimum atomic E-state index is -0.0901. The standard InChI is InChI=1S/C10H10N2OS.C6H4/c1-3-8-5-4-6-11-10(8)12-9(13)7-14-2;1-2-5-4-6(5)3-1/h1,4-6H,7H2,2H3,(H,11,12,13);1-4H. The van der Waals surface area contributed by atoms with Crippen molar-refractivity contribution in [1.82, 2.24) is 4.98 Å². The molecule has 1 amide bonds. The Labute approximate surface area is 122 Å². The molecule has 0 aromatic carbocycles. The summed E-state index contributed by atoms with van der Waals surface area (Å²) in [6.45, 7) is 0. The van der Waals surface area contributed by atoms with Crippen LogP contribution in [0, 0.1) is 12.3 Å². The van der Waals surface area contributed by atoms with E-state index in [1.54, 1.807) is 18.3 Å². The summed E-state index contributed by atoms with van der Waals surface area (Å²) in [5, 5.41) is 2.65. The van der Waals surface area contributed by atoms with Gasteiger partial charge in [0.2, 0.25) is 5.91 Å².